The van der Waals surface area contributed by atoms with Crippen molar-refractivity contribution in [3.63, 3.8) is 0 Å². The topological polar surface area (TPSA) is 71.5 Å². The summed E-state index contributed by atoms with van der Waals surface area (Å²) in [5, 5.41) is 3.65. The molecule has 2 aliphatic heterocycles. The molecule has 0 bridgehead atoms. The number of imide groups is 1. The molecular formula is C22H18ClN3O3S2. The van der Waals surface area contributed by atoms with E-state index in [0.29, 0.717) is 11.5 Å². The Morgan fingerprint density at radius 1 is 1.23 bits per heavy atom. The van der Waals surface area contributed by atoms with Gasteiger partial charge in [-0.05, 0) is 66.6 Å². The quantitative estimate of drug-likeness (QED) is 0.508. The Morgan fingerprint density at radius 3 is 2.84 bits per heavy atom. The van der Waals surface area contributed by atoms with Crippen molar-refractivity contribution in [1.82, 2.24) is 10.3 Å². The van der Waals surface area contributed by atoms with Gasteiger partial charge < -0.3 is 9.64 Å². The third-order valence-corrected chi connectivity index (χ3v) is 7.33. The van der Waals surface area contributed by atoms with Crippen molar-refractivity contribution in [3.05, 3.63) is 58.0 Å². The Morgan fingerprint density at radius 2 is 2.06 bits per heavy atom. The van der Waals surface area contributed by atoms with Crippen molar-refractivity contribution in [2.24, 2.45) is 0 Å². The average Bonchev–Trinajstić information content (AvgIpc) is 3.45. The Labute approximate surface area is 192 Å². The summed E-state index contributed by atoms with van der Waals surface area (Å²) in [6, 6.07) is 13.6. The SMILES string of the molecule is O=C1NC(=O)C(=Cc2ccc(OC[C@@H]3CCCN3c3nc4ccc(Cl)cc4s3)cc2)S1. The molecule has 2 aromatic carbocycles. The van der Waals surface area contributed by atoms with Crippen LogP contribution in [0.2, 0.25) is 5.02 Å². The lowest BCUT2D eigenvalue weighted by molar-refractivity contribution is -0.115. The predicted octanol–water partition coefficient (Wildman–Crippen LogP) is 5.32. The van der Waals surface area contributed by atoms with Crippen molar-refractivity contribution in [3.8, 4) is 5.75 Å². The average molecular weight is 472 g/mol. The van der Waals surface area contributed by atoms with Crippen LogP contribution in [-0.4, -0.2) is 35.3 Å². The molecule has 2 saturated heterocycles. The fourth-order valence-corrected chi connectivity index (χ4v) is 5.72. The molecule has 1 aromatic heterocycles. The molecule has 2 amide bonds. The number of anilines is 1. The fraction of sp³-hybridized carbons (Fsp3) is 0.227. The van der Waals surface area contributed by atoms with Gasteiger partial charge in [-0.3, -0.25) is 14.9 Å². The van der Waals surface area contributed by atoms with E-state index in [0.717, 1.165) is 62.8 Å². The van der Waals surface area contributed by atoms with Gasteiger partial charge in [-0.1, -0.05) is 35.1 Å². The predicted molar refractivity (Wildman–Crippen MR) is 126 cm³/mol. The molecule has 0 spiro atoms. The van der Waals surface area contributed by atoms with Crippen LogP contribution in [0.4, 0.5) is 9.93 Å². The van der Waals surface area contributed by atoms with Gasteiger partial charge in [-0.2, -0.15) is 0 Å². The first-order valence-corrected chi connectivity index (χ1v) is 11.9. The molecule has 31 heavy (non-hydrogen) atoms. The minimum Gasteiger partial charge on any atom is -0.491 e. The number of hydrogen-bond donors (Lipinski definition) is 1. The lowest BCUT2D eigenvalue weighted by atomic mass is 10.2. The number of nitrogens with zero attached hydrogens (tertiary/aromatic N) is 2. The summed E-state index contributed by atoms with van der Waals surface area (Å²) in [5.74, 6) is 0.415. The molecule has 0 saturated carbocycles. The number of benzene rings is 2. The van der Waals surface area contributed by atoms with E-state index in [1.54, 1.807) is 17.4 Å². The van der Waals surface area contributed by atoms with Crippen LogP contribution in [0, 0.1) is 0 Å². The minimum absolute atomic E-state index is 0.266. The second-order valence-corrected chi connectivity index (χ2v) is 9.79. The van der Waals surface area contributed by atoms with Crippen molar-refractivity contribution < 1.29 is 14.3 Å². The summed E-state index contributed by atoms with van der Waals surface area (Å²) >= 11 is 8.69. The molecule has 5 rings (SSSR count). The molecule has 2 aliphatic rings. The number of rotatable bonds is 5. The number of ether oxygens (including phenoxy) is 1. The van der Waals surface area contributed by atoms with E-state index in [1.165, 1.54) is 0 Å². The van der Waals surface area contributed by atoms with Gasteiger partial charge >= 0.3 is 0 Å². The first-order valence-electron chi connectivity index (χ1n) is 9.86. The van der Waals surface area contributed by atoms with Crippen molar-refractivity contribution in [2.75, 3.05) is 18.1 Å². The highest BCUT2D eigenvalue weighted by Crippen LogP contribution is 2.34. The number of aromatic nitrogens is 1. The van der Waals surface area contributed by atoms with Crippen molar-refractivity contribution >= 4 is 67.3 Å². The second-order valence-electron chi connectivity index (χ2n) is 7.33. The van der Waals surface area contributed by atoms with Gasteiger partial charge in [0.15, 0.2) is 5.13 Å². The van der Waals surface area contributed by atoms with Crippen LogP contribution in [0.5, 0.6) is 5.75 Å². The zero-order valence-corrected chi connectivity index (χ0v) is 18.7. The van der Waals surface area contributed by atoms with E-state index < -0.39 is 0 Å². The maximum absolute atomic E-state index is 11.7. The van der Waals surface area contributed by atoms with Gasteiger partial charge in [0.1, 0.15) is 12.4 Å². The summed E-state index contributed by atoms with van der Waals surface area (Å²) in [6.45, 7) is 1.54. The number of thiazole rings is 1. The zero-order chi connectivity index (χ0) is 21.4. The van der Waals surface area contributed by atoms with Crippen LogP contribution in [0.25, 0.3) is 16.3 Å². The van der Waals surface area contributed by atoms with Gasteiger partial charge in [0.05, 0.1) is 21.2 Å². The zero-order valence-electron chi connectivity index (χ0n) is 16.3. The van der Waals surface area contributed by atoms with Crippen molar-refractivity contribution in [1.29, 1.82) is 0 Å². The highest BCUT2D eigenvalue weighted by molar-refractivity contribution is 8.18. The monoisotopic (exact) mass is 471 g/mol. The number of nitrogens with one attached hydrogen (secondary N) is 1. The Balaban J connectivity index is 1.24. The Bertz CT molecular complexity index is 1190. The number of hydrogen-bond acceptors (Lipinski definition) is 7. The third kappa shape index (κ3) is 4.42. The van der Waals surface area contributed by atoms with Gasteiger partial charge in [0, 0.05) is 11.6 Å². The standard InChI is InChI=1S/C22H18ClN3O3S2/c23-14-5-8-17-18(11-14)30-21(24-17)26-9-1-2-15(26)12-29-16-6-3-13(4-7-16)10-19-20(27)25-22(28)31-19/h3-8,10-11,15H,1-2,9,12H2,(H,25,27,28)/t15-/m0/s1. The number of thioether (sulfide) groups is 1. The first-order chi connectivity index (χ1) is 15.0. The van der Waals surface area contributed by atoms with Crippen LogP contribution in [0.15, 0.2) is 47.4 Å². The minimum atomic E-state index is -0.353. The Kier molecular flexibility index (Phi) is 5.60. The molecule has 9 heteroatoms. The molecular weight excluding hydrogens is 454 g/mol. The molecule has 0 radical (unpaired) electrons. The van der Waals surface area contributed by atoms with Gasteiger partial charge in [-0.15, -0.1) is 0 Å². The summed E-state index contributed by atoms with van der Waals surface area (Å²) in [6.07, 6.45) is 3.86. The summed E-state index contributed by atoms with van der Waals surface area (Å²) in [5.41, 5.74) is 1.81. The van der Waals surface area contributed by atoms with Gasteiger partial charge in [0.25, 0.3) is 11.1 Å². The Hall–Kier alpha value is -2.55. The van der Waals surface area contributed by atoms with Crippen LogP contribution in [-0.2, 0) is 4.79 Å². The molecule has 3 aromatic rings. The number of halogens is 1. The molecule has 1 atom stereocenters. The van der Waals surface area contributed by atoms with Crippen molar-refractivity contribution in [2.45, 2.75) is 18.9 Å². The highest BCUT2D eigenvalue weighted by atomic mass is 35.5. The highest BCUT2D eigenvalue weighted by Gasteiger charge is 2.28. The van der Waals surface area contributed by atoms with E-state index in [1.807, 2.05) is 42.5 Å². The third-order valence-electron chi connectivity index (χ3n) is 5.22. The number of carbonyl (C=O) groups is 2. The number of fused-ring (bicyclic) bond motifs is 1. The maximum Gasteiger partial charge on any atom is 0.290 e. The molecule has 0 unspecified atom stereocenters. The molecule has 158 valence electrons. The molecule has 6 nitrogen and oxygen atoms in total. The summed E-state index contributed by atoms with van der Waals surface area (Å²) < 4.78 is 7.15. The first kappa shape index (κ1) is 20.4. The summed E-state index contributed by atoms with van der Waals surface area (Å²) in [7, 11) is 0. The largest absolute Gasteiger partial charge is 0.491 e. The fourth-order valence-electron chi connectivity index (χ4n) is 3.70. The van der Waals surface area contributed by atoms with Crippen LogP contribution in [0.3, 0.4) is 0 Å². The normalized spacial score (nSPS) is 20.1. The number of carbonyl (C=O) groups excluding carboxylic acids is 2. The lowest BCUT2D eigenvalue weighted by Gasteiger charge is -2.24. The lowest BCUT2D eigenvalue weighted by Crippen LogP contribution is -2.34. The summed E-state index contributed by atoms with van der Waals surface area (Å²) in [4.78, 5) is 30.4. The molecule has 2 fully saturated rings. The van der Waals surface area contributed by atoms with Crippen LogP contribution < -0.4 is 15.0 Å². The van der Waals surface area contributed by atoms with E-state index in [9.17, 15) is 9.59 Å². The number of amides is 2. The maximum atomic E-state index is 11.7. The van der Waals surface area contributed by atoms with Crippen LogP contribution >= 0.6 is 34.7 Å². The van der Waals surface area contributed by atoms with E-state index in [2.05, 4.69) is 10.2 Å². The van der Waals surface area contributed by atoms with Gasteiger partial charge in [-0.25, -0.2) is 4.98 Å². The molecule has 3 heterocycles. The molecule has 1 N–H and O–H groups in total. The second kappa shape index (κ2) is 8.53. The van der Waals surface area contributed by atoms with E-state index >= 15 is 0 Å². The smallest absolute Gasteiger partial charge is 0.290 e. The van der Waals surface area contributed by atoms with Gasteiger partial charge in [0.2, 0.25) is 0 Å². The van der Waals surface area contributed by atoms with Crippen LogP contribution in [0.1, 0.15) is 18.4 Å². The van der Waals surface area contributed by atoms with E-state index in [4.69, 9.17) is 21.3 Å². The molecule has 0 aliphatic carbocycles. The van der Waals surface area contributed by atoms with E-state index in [-0.39, 0.29) is 17.2 Å².